The smallest absolute Gasteiger partial charge is 0.244 e. The Morgan fingerprint density at radius 2 is 1.80 bits per heavy atom. The lowest BCUT2D eigenvalue weighted by atomic mass is 10.1. The monoisotopic (exact) mass is 427 g/mol. The number of carbonyl (C=O) groups excluding carboxylic acids is 1. The first-order valence-corrected chi connectivity index (χ1v) is 10.6. The first-order chi connectivity index (χ1) is 14.4. The SMILES string of the molecule is COc1ccc(S(=O)(=O)N2CC(NC(=O)/C=C/c3ccc(OCC#N)cc3)C2)cc1. The van der Waals surface area contributed by atoms with Gasteiger partial charge in [0.1, 0.15) is 17.6 Å². The number of hydrogen-bond donors (Lipinski definition) is 1. The highest BCUT2D eigenvalue weighted by Crippen LogP contribution is 2.23. The second-order valence-electron chi connectivity index (χ2n) is 6.55. The van der Waals surface area contributed by atoms with Crippen molar-refractivity contribution in [2.75, 3.05) is 26.8 Å². The molecule has 30 heavy (non-hydrogen) atoms. The average molecular weight is 427 g/mol. The molecule has 1 heterocycles. The molecule has 2 aromatic rings. The van der Waals surface area contributed by atoms with E-state index in [4.69, 9.17) is 14.7 Å². The van der Waals surface area contributed by atoms with Crippen LogP contribution >= 0.6 is 0 Å². The van der Waals surface area contributed by atoms with Gasteiger partial charge in [0.2, 0.25) is 15.9 Å². The fraction of sp³-hybridized carbons (Fsp3) is 0.238. The van der Waals surface area contributed by atoms with Crippen LogP contribution in [-0.2, 0) is 14.8 Å². The van der Waals surface area contributed by atoms with Crippen molar-refractivity contribution in [2.24, 2.45) is 0 Å². The molecule has 156 valence electrons. The third-order valence-corrected chi connectivity index (χ3v) is 6.35. The normalized spacial score (nSPS) is 14.7. The van der Waals surface area contributed by atoms with Gasteiger partial charge in [-0.1, -0.05) is 12.1 Å². The maximum atomic E-state index is 12.6. The van der Waals surface area contributed by atoms with Gasteiger partial charge in [0, 0.05) is 19.2 Å². The first-order valence-electron chi connectivity index (χ1n) is 9.15. The van der Waals surface area contributed by atoms with Gasteiger partial charge in [-0.15, -0.1) is 0 Å². The fourth-order valence-electron chi connectivity index (χ4n) is 2.83. The van der Waals surface area contributed by atoms with Crippen molar-refractivity contribution in [3.8, 4) is 17.6 Å². The number of hydrogen-bond acceptors (Lipinski definition) is 6. The third kappa shape index (κ3) is 5.17. The standard InChI is InChI=1S/C21H21N3O5S/c1-28-18-7-9-20(10-8-18)30(26,27)24-14-17(15-24)23-21(25)11-4-16-2-5-19(6-3-16)29-13-12-22/h2-11,17H,13-15H2,1H3,(H,23,25)/b11-4+. The largest absolute Gasteiger partial charge is 0.497 e. The Morgan fingerprint density at radius 1 is 1.17 bits per heavy atom. The Bertz CT molecular complexity index is 1050. The summed E-state index contributed by atoms with van der Waals surface area (Å²) in [5, 5.41) is 11.3. The van der Waals surface area contributed by atoms with E-state index in [0.717, 1.165) is 5.56 Å². The summed E-state index contributed by atoms with van der Waals surface area (Å²) in [6, 6.07) is 14.8. The fourth-order valence-corrected chi connectivity index (χ4v) is 4.36. The molecule has 1 aliphatic rings. The van der Waals surface area contributed by atoms with Crippen molar-refractivity contribution in [1.82, 2.24) is 9.62 Å². The number of ether oxygens (including phenoxy) is 2. The van der Waals surface area contributed by atoms with Crippen LogP contribution < -0.4 is 14.8 Å². The quantitative estimate of drug-likeness (QED) is 0.644. The molecule has 1 N–H and O–H groups in total. The molecule has 1 saturated heterocycles. The van der Waals surface area contributed by atoms with E-state index in [1.165, 1.54) is 29.6 Å². The summed E-state index contributed by atoms with van der Waals surface area (Å²) in [5.74, 6) is 0.857. The minimum atomic E-state index is -3.59. The van der Waals surface area contributed by atoms with E-state index < -0.39 is 10.0 Å². The molecule has 1 aliphatic heterocycles. The zero-order valence-corrected chi connectivity index (χ0v) is 17.1. The Hall–Kier alpha value is -3.35. The molecular weight excluding hydrogens is 406 g/mol. The van der Waals surface area contributed by atoms with Gasteiger partial charge >= 0.3 is 0 Å². The van der Waals surface area contributed by atoms with Crippen LogP contribution in [0.1, 0.15) is 5.56 Å². The molecule has 0 saturated carbocycles. The van der Waals surface area contributed by atoms with Crippen LogP contribution in [0, 0.1) is 11.3 Å². The molecule has 0 unspecified atom stereocenters. The number of methoxy groups -OCH3 is 1. The summed E-state index contributed by atoms with van der Waals surface area (Å²) in [4.78, 5) is 12.3. The number of rotatable bonds is 8. The lowest BCUT2D eigenvalue weighted by molar-refractivity contribution is -0.117. The molecule has 0 aromatic heterocycles. The van der Waals surface area contributed by atoms with Gasteiger partial charge in [-0.2, -0.15) is 9.57 Å². The molecule has 9 heteroatoms. The topological polar surface area (TPSA) is 109 Å². The highest BCUT2D eigenvalue weighted by molar-refractivity contribution is 7.89. The van der Waals surface area contributed by atoms with Crippen molar-refractivity contribution < 1.29 is 22.7 Å². The maximum absolute atomic E-state index is 12.6. The lowest BCUT2D eigenvalue weighted by Crippen LogP contribution is -2.60. The number of benzene rings is 2. The van der Waals surface area contributed by atoms with Gasteiger partial charge in [0.05, 0.1) is 18.0 Å². The number of carbonyl (C=O) groups is 1. The predicted molar refractivity (Wildman–Crippen MR) is 110 cm³/mol. The number of nitrogens with zero attached hydrogens (tertiary/aromatic N) is 2. The highest BCUT2D eigenvalue weighted by Gasteiger charge is 2.37. The molecule has 1 amide bonds. The van der Waals surface area contributed by atoms with Crippen LogP contribution in [0.15, 0.2) is 59.5 Å². The van der Waals surface area contributed by atoms with Crippen molar-refractivity contribution >= 4 is 22.0 Å². The van der Waals surface area contributed by atoms with Gasteiger partial charge in [-0.05, 0) is 48.0 Å². The summed E-state index contributed by atoms with van der Waals surface area (Å²) in [6.07, 6.45) is 3.04. The second-order valence-corrected chi connectivity index (χ2v) is 8.49. The van der Waals surface area contributed by atoms with Crippen molar-refractivity contribution in [1.29, 1.82) is 5.26 Å². The van der Waals surface area contributed by atoms with Crippen molar-refractivity contribution in [3.05, 3.63) is 60.2 Å². The van der Waals surface area contributed by atoms with E-state index in [2.05, 4.69) is 5.32 Å². The summed E-state index contributed by atoms with van der Waals surface area (Å²) in [7, 11) is -2.07. The van der Waals surface area contributed by atoms with E-state index in [1.54, 1.807) is 42.5 Å². The van der Waals surface area contributed by atoms with Crippen LogP contribution in [0.5, 0.6) is 11.5 Å². The zero-order valence-electron chi connectivity index (χ0n) is 16.3. The molecule has 0 radical (unpaired) electrons. The minimum absolute atomic E-state index is 0.0236. The van der Waals surface area contributed by atoms with Gasteiger partial charge in [-0.25, -0.2) is 8.42 Å². The van der Waals surface area contributed by atoms with Crippen LogP contribution in [0.4, 0.5) is 0 Å². The van der Waals surface area contributed by atoms with E-state index in [0.29, 0.717) is 11.5 Å². The zero-order chi connectivity index (χ0) is 21.6. The van der Waals surface area contributed by atoms with Crippen molar-refractivity contribution in [2.45, 2.75) is 10.9 Å². The Kier molecular flexibility index (Phi) is 6.72. The molecule has 2 aromatic carbocycles. The first kappa shape index (κ1) is 21.4. The second kappa shape index (κ2) is 9.43. The van der Waals surface area contributed by atoms with E-state index in [1.807, 2.05) is 6.07 Å². The van der Waals surface area contributed by atoms with Crippen LogP contribution in [0.2, 0.25) is 0 Å². The number of sulfonamides is 1. The average Bonchev–Trinajstić information content (AvgIpc) is 2.73. The van der Waals surface area contributed by atoms with Crippen LogP contribution in [0.25, 0.3) is 6.08 Å². The Balaban J connectivity index is 1.48. The predicted octanol–water partition coefficient (Wildman–Crippen LogP) is 1.80. The van der Waals surface area contributed by atoms with Gasteiger partial charge < -0.3 is 14.8 Å². The van der Waals surface area contributed by atoms with E-state index in [-0.39, 0.29) is 36.5 Å². The lowest BCUT2D eigenvalue weighted by Gasteiger charge is -2.38. The Morgan fingerprint density at radius 3 is 2.40 bits per heavy atom. The molecule has 8 nitrogen and oxygen atoms in total. The third-order valence-electron chi connectivity index (χ3n) is 4.50. The summed E-state index contributed by atoms with van der Waals surface area (Å²) in [5.41, 5.74) is 0.798. The van der Waals surface area contributed by atoms with Gasteiger partial charge in [0.15, 0.2) is 6.61 Å². The Labute approximate surface area is 175 Å². The molecule has 0 spiro atoms. The summed E-state index contributed by atoms with van der Waals surface area (Å²) < 4.78 is 36.7. The molecule has 0 aliphatic carbocycles. The molecular formula is C21H21N3O5S. The van der Waals surface area contributed by atoms with Crippen LogP contribution in [-0.4, -0.2) is 51.5 Å². The van der Waals surface area contributed by atoms with Gasteiger partial charge in [0.25, 0.3) is 0 Å². The van der Waals surface area contributed by atoms with E-state index >= 15 is 0 Å². The molecule has 0 bridgehead atoms. The van der Waals surface area contributed by atoms with E-state index in [9.17, 15) is 13.2 Å². The molecule has 0 atom stereocenters. The summed E-state index contributed by atoms with van der Waals surface area (Å²) >= 11 is 0. The maximum Gasteiger partial charge on any atom is 0.244 e. The van der Waals surface area contributed by atoms with Gasteiger partial charge in [-0.3, -0.25) is 4.79 Å². The van der Waals surface area contributed by atoms with Crippen LogP contribution in [0.3, 0.4) is 0 Å². The highest BCUT2D eigenvalue weighted by atomic mass is 32.2. The number of amides is 1. The summed E-state index contributed by atoms with van der Waals surface area (Å²) in [6.45, 7) is 0.419. The number of nitriles is 1. The molecule has 1 fully saturated rings. The minimum Gasteiger partial charge on any atom is -0.497 e. The molecule has 3 rings (SSSR count). The van der Waals surface area contributed by atoms with Crippen molar-refractivity contribution in [3.63, 3.8) is 0 Å². The number of nitrogens with one attached hydrogen (secondary N) is 1.